The minimum absolute atomic E-state index is 0. The molecule has 2 N–H and O–H groups in total. The molecule has 138 valence electrons. The minimum Gasteiger partial charge on any atom is -0.360 e. The number of halogens is 2. The van der Waals surface area contributed by atoms with Crippen molar-refractivity contribution in [1.82, 2.24) is 20.3 Å². The Kier molecular flexibility index (Phi) is 10.6. The molecule has 0 saturated carbocycles. The molecule has 0 aromatic carbocycles. The Hall–Kier alpha value is -1.35. The number of amides is 2. The highest BCUT2D eigenvalue weighted by Crippen LogP contribution is 2.08. The predicted octanol–water partition coefficient (Wildman–Crippen LogP) is 0.519. The summed E-state index contributed by atoms with van der Waals surface area (Å²) in [5.41, 5.74) is 0. The Morgan fingerprint density at radius 3 is 2.46 bits per heavy atom. The lowest BCUT2D eigenvalue weighted by Crippen LogP contribution is -2.50. The fourth-order valence-corrected chi connectivity index (χ4v) is 2.36. The number of rotatable bonds is 6. The van der Waals surface area contributed by atoms with Gasteiger partial charge in [-0.25, -0.2) is 0 Å². The van der Waals surface area contributed by atoms with Crippen LogP contribution >= 0.6 is 24.8 Å². The molecule has 1 aromatic rings. The molecule has 1 saturated heterocycles. The maximum atomic E-state index is 11.9. The van der Waals surface area contributed by atoms with Gasteiger partial charge in [0.25, 0.3) is 0 Å². The van der Waals surface area contributed by atoms with Crippen LogP contribution in [0.1, 0.15) is 12.2 Å². The van der Waals surface area contributed by atoms with Crippen molar-refractivity contribution in [1.29, 1.82) is 0 Å². The zero-order valence-electron chi connectivity index (χ0n) is 13.9. The van der Waals surface area contributed by atoms with E-state index in [0.717, 1.165) is 0 Å². The van der Waals surface area contributed by atoms with E-state index in [2.05, 4.69) is 15.8 Å². The molecule has 1 aliphatic heterocycles. The van der Waals surface area contributed by atoms with Crippen LogP contribution in [0, 0.1) is 6.92 Å². The van der Waals surface area contributed by atoms with Crippen molar-refractivity contribution < 1.29 is 14.1 Å². The SMILES string of the molecule is CNCCC(=O)N1CCN(CC(=O)Nc2cc(C)on2)CC1.Cl.Cl. The summed E-state index contributed by atoms with van der Waals surface area (Å²) in [4.78, 5) is 27.7. The number of nitrogens with one attached hydrogen (secondary N) is 2. The Balaban J connectivity index is 0.00000264. The van der Waals surface area contributed by atoms with E-state index in [4.69, 9.17) is 4.52 Å². The van der Waals surface area contributed by atoms with Crippen molar-refractivity contribution in [3.63, 3.8) is 0 Å². The van der Waals surface area contributed by atoms with Crippen molar-refractivity contribution in [2.75, 3.05) is 51.6 Å². The molecule has 0 spiro atoms. The van der Waals surface area contributed by atoms with Crippen LogP contribution in [0.4, 0.5) is 5.82 Å². The summed E-state index contributed by atoms with van der Waals surface area (Å²) in [6.07, 6.45) is 0.516. The van der Waals surface area contributed by atoms with Gasteiger partial charge in [-0.15, -0.1) is 24.8 Å². The van der Waals surface area contributed by atoms with Gasteiger partial charge < -0.3 is 20.1 Å². The van der Waals surface area contributed by atoms with Crippen molar-refractivity contribution in [3.05, 3.63) is 11.8 Å². The van der Waals surface area contributed by atoms with Crippen molar-refractivity contribution in [3.8, 4) is 0 Å². The summed E-state index contributed by atoms with van der Waals surface area (Å²) in [6.45, 7) is 5.50. The molecule has 1 fully saturated rings. The molecule has 24 heavy (non-hydrogen) atoms. The van der Waals surface area contributed by atoms with Gasteiger partial charge in [-0.3, -0.25) is 14.5 Å². The molecule has 0 radical (unpaired) electrons. The first-order chi connectivity index (χ1) is 10.6. The van der Waals surface area contributed by atoms with Gasteiger partial charge in [0.1, 0.15) is 5.76 Å². The summed E-state index contributed by atoms with van der Waals surface area (Å²) in [5, 5.41) is 9.40. The van der Waals surface area contributed by atoms with Gasteiger partial charge in [-0.2, -0.15) is 0 Å². The molecule has 8 nitrogen and oxygen atoms in total. The topological polar surface area (TPSA) is 90.7 Å². The van der Waals surface area contributed by atoms with Crippen LogP contribution in [-0.4, -0.2) is 73.1 Å². The number of hydrogen-bond acceptors (Lipinski definition) is 6. The molecule has 2 heterocycles. The number of nitrogens with zero attached hydrogens (tertiary/aromatic N) is 3. The maximum Gasteiger partial charge on any atom is 0.239 e. The Bertz CT molecular complexity index is 518. The average molecular weight is 382 g/mol. The quantitative estimate of drug-likeness (QED) is 0.746. The fraction of sp³-hybridized carbons (Fsp3) is 0.643. The predicted molar refractivity (Wildman–Crippen MR) is 95.9 cm³/mol. The van der Waals surface area contributed by atoms with Crippen LogP contribution in [0.5, 0.6) is 0 Å². The van der Waals surface area contributed by atoms with Crippen LogP contribution in [0.15, 0.2) is 10.6 Å². The third-order valence-corrected chi connectivity index (χ3v) is 3.58. The zero-order chi connectivity index (χ0) is 15.9. The van der Waals surface area contributed by atoms with Crippen molar-refractivity contribution in [2.24, 2.45) is 0 Å². The van der Waals surface area contributed by atoms with Gasteiger partial charge in [0.05, 0.1) is 6.54 Å². The Morgan fingerprint density at radius 2 is 1.92 bits per heavy atom. The summed E-state index contributed by atoms with van der Waals surface area (Å²) in [5.74, 6) is 1.13. The van der Waals surface area contributed by atoms with E-state index in [1.54, 1.807) is 13.0 Å². The maximum absolute atomic E-state index is 11.9. The molecular weight excluding hydrogens is 357 g/mol. The molecule has 2 amide bonds. The second-order valence-corrected chi connectivity index (χ2v) is 5.38. The van der Waals surface area contributed by atoms with E-state index in [0.29, 0.717) is 57.3 Å². The largest absolute Gasteiger partial charge is 0.360 e. The van der Waals surface area contributed by atoms with Crippen LogP contribution in [0.3, 0.4) is 0 Å². The smallest absolute Gasteiger partial charge is 0.239 e. The monoisotopic (exact) mass is 381 g/mol. The number of anilines is 1. The van der Waals surface area contributed by atoms with Crippen LogP contribution in [0.25, 0.3) is 0 Å². The molecular formula is C14H25Cl2N5O3. The molecule has 0 aliphatic carbocycles. The Labute approximate surface area is 154 Å². The van der Waals surface area contributed by atoms with Gasteiger partial charge >= 0.3 is 0 Å². The zero-order valence-corrected chi connectivity index (χ0v) is 15.5. The first-order valence-corrected chi connectivity index (χ1v) is 7.46. The van der Waals surface area contributed by atoms with Gasteiger partial charge in [-0.05, 0) is 14.0 Å². The molecule has 2 rings (SSSR count). The lowest BCUT2D eigenvalue weighted by atomic mass is 10.2. The van der Waals surface area contributed by atoms with Crippen molar-refractivity contribution in [2.45, 2.75) is 13.3 Å². The van der Waals surface area contributed by atoms with Crippen LogP contribution < -0.4 is 10.6 Å². The van der Waals surface area contributed by atoms with Gasteiger partial charge in [0.2, 0.25) is 11.8 Å². The summed E-state index contributed by atoms with van der Waals surface area (Å²) in [7, 11) is 1.83. The number of aromatic nitrogens is 1. The number of carbonyl (C=O) groups excluding carboxylic acids is 2. The van der Waals surface area contributed by atoms with Gasteiger partial charge in [-0.1, -0.05) is 5.16 Å². The second kappa shape index (κ2) is 11.2. The van der Waals surface area contributed by atoms with E-state index in [1.165, 1.54) is 0 Å². The molecule has 1 aliphatic rings. The molecule has 0 bridgehead atoms. The Morgan fingerprint density at radius 1 is 1.25 bits per heavy atom. The third kappa shape index (κ3) is 7.04. The summed E-state index contributed by atoms with van der Waals surface area (Å²) in [6, 6.07) is 1.68. The van der Waals surface area contributed by atoms with E-state index >= 15 is 0 Å². The van der Waals surface area contributed by atoms with E-state index in [9.17, 15) is 9.59 Å². The first-order valence-electron chi connectivity index (χ1n) is 7.46. The summed E-state index contributed by atoms with van der Waals surface area (Å²) < 4.78 is 4.90. The number of carbonyl (C=O) groups is 2. The molecule has 0 unspecified atom stereocenters. The number of hydrogen-bond donors (Lipinski definition) is 2. The lowest BCUT2D eigenvalue weighted by molar-refractivity contribution is -0.133. The highest BCUT2D eigenvalue weighted by Gasteiger charge is 2.22. The average Bonchev–Trinajstić information content (AvgIpc) is 2.90. The van der Waals surface area contributed by atoms with Crippen LogP contribution in [-0.2, 0) is 9.59 Å². The number of aryl methyl sites for hydroxylation is 1. The van der Waals surface area contributed by atoms with E-state index in [1.807, 2.05) is 16.8 Å². The normalized spacial score (nSPS) is 14.5. The minimum atomic E-state index is -0.122. The highest BCUT2D eigenvalue weighted by molar-refractivity contribution is 5.91. The highest BCUT2D eigenvalue weighted by atomic mass is 35.5. The van der Waals surface area contributed by atoms with Gasteiger partial charge in [0, 0.05) is 45.2 Å². The van der Waals surface area contributed by atoms with E-state index in [-0.39, 0.29) is 36.6 Å². The molecule has 1 aromatic heterocycles. The third-order valence-electron chi connectivity index (χ3n) is 3.58. The fourth-order valence-electron chi connectivity index (χ4n) is 2.36. The summed E-state index contributed by atoms with van der Waals surface area (Å²) >= 11 is 0. The number of piperazine rings is 1. The van der Waals surface area contributed by atoms with Gasteiger partial charge in [0.15, 0.2) is 5.82 Å². The standard InChI is InChI=1S/C14H23N5O3.2ClH/c1-11-9-12(17-22-11)16-13(20)10-18-5-7-19(8-6-18)14(21)3-4-15-2;;/h9,15H,3-8,10H2,1-2H3,(H,16,17,20);2*1H. The molecule has 10 heteroatoms. The second-order valence-electron chi connectivity index (χ2n) is 5.38. The first kappa shape index (κ1) is 22.6. The van der Waals surface area contributed by atoms with E-state index < -0.39 is 0 Å². The van der Waals surface area contributed by atoms with Crippen molar-refractivity contribution >= 4 is 42.4 Å². The molecule has 0 atom stereocenters. The van der Waals surface area contributed by atoms with Crippen LogP contribution in [0.2, 0.25) is 0 Å². The lowest BCUT2D eigenvalue weighted by Gasteiger charge is -2.34.